The topological polar surface area (TPSA) is 26.3 Å². The second-order valence-corrected chi connectivity index (χ2v) is 3.45. The number of Topliss-reactive ketones (excluding diaryl/α,β-unsaturated/α-hetero) is 1. The minimum atomic E-state index is -0.476. The van der Waals surface area contributed by atoms with E-state index >= 15 is 0 Å². The number of ether oxygens (including phenoxy) is 1. The van der Waals surface area contributed by atoms with E-state index in [1.54, 1.807) is 6.92 Å². The van der Waals surface area contributed by atoms with Crippen LogP contribution in [-0.4, -0.2) is 18.0 Å². The van der Waals surface area contributed by atoms with Gasteiger partial charge in [-0.1, -0.05) is 26.7 Å². The Labute approximate surface area is 81.7 Å². The quantitative estimate of drug-likeness (QED) is 0.629. The van der Waals surface area contributed by atoms with Gasteiger partial charge in [0.1, 0.15) is 5.60 Å². The van der Waals surface area contributed by atoms with Crippen molar-refractivity contribution in [1.82, 2.24) is 0 Å². The fourth-order valence-electron chi connectivity index (χ4n) is 1.39. The van der Waals surface area contributed by atoms with Crippen LogP contribution in [0.3, 0.4) is 0 Å². The van der Waals surface area contributed by atoms with Crippen LogP contribution >= 0.6 is 0 Å². The van der Waals surface area contributed by atoms with Gasteiger partial charge >= 0.3 is 0 Å². The molecule has 1 saturated heterocycles. The Hall–Kier alpha value is -0.370. The lowest BCUT2D eigenvalue weighted by molar-refractivity contribution is -0.140. The first-order valence-corrected chi connectivity index (χ1v) is 5.30. The molecule has 0 aromatic heterocycles. The maximum absolute atomic E-state index is 11.1. The Balaban J connectivity index is 0.000000671. The molecule has 0 aromatic carbocycles. The standard InChI is InChI=1S/C9H16O2.C2H6/c1-8(10)9(2)6-4-3-5-7-11-9;1-2/h3-7H2,1-2H3;1-2H3. The molecule has 1 fully saturated rings. The van der Waals surface area contributed by atoms with Gasteiger partial charge in [0, 0.05) is 6.61 Å². The van der Waals surface area contributed by atoms with Crippen molar-refractivity contribution in [2.75, 3.05) is 6.61 Å². The Bertz CT molecular complexity index is 144. The smallest absolute Gasteiger partial charge is 0.161 e. The minimum Gasteiger partial charge on any atom is -0.368 e. The molecule has 2 nitrogen and oxygen atoms in total. The summed E-state index contributed by atoms with van der Waals surface area (Å²) in [6, 6.07) is 0. The van der Waals surface area contributed by atoms with Gasteiger partial charge in [-0.2, -0.15) is 0 Å². The monoisotopic (exact) mass is 186 g/mol. The predicted molar refractivity (Wildman–Crippen MR) is 54.9 cm³/mol. The van der Waals surface area contributed by atoms with E-state index in [0.717, 1.165) is 25.9 Å². The highest BCUT2D eigenvalue weighted by molar-refractivity contribution is 5.84. The molecule has 0 radical (unpaired) electrons. The maximum Gasteiger partial charge on any atom is 0.161 e. The molecule has 2 heteroatoms. The minimum absolute atomic E-state index is 0.166. The fourth-order valence-corrected chi connectivity index (χ4v) is 1.39. The number of ketones is 1. The molecule has 0 spiro atoms. The zero-order valence-corrected chi connectivity index (χ0v) is 9.35. The summed E-state index contributed by atoms with van der Waals surface area (Å²) >= 11 is 0. The van der Waals surface area contributed by atoms with Crippen LogP contribution in [0.15, 0.2) is 0 Å². The highest BCUT2D eigenvalue weighted by Crippen LogP contribution is 2.24. The van der Waals surface area contributed by atoms with E-state index in [1.807, 2.05) is 20.8 Å². The SMILES string of the molecule is CC.CC(=O)C1(C)CCCCCO1. The summed E-state index contributed by atoms with van der Waals surface area (Å²) in [5.41, 5.74) is -0.476. The molecule has 0 aliphatic carbocycles. The average molecular weight is 186 g/mol. The van der Waals surface area contributed by atoms with E-state index in [1.165, 1.54) is 6.42 Å². The third-order valence-electron chi connectivity index (χ3n) is 2.46. The number of carbonyl (C=O) groups excluding carboxylic acids is 1. The molecule has 0 amide bonds. The van der Waals surface area contributed by atoms with Gasteiger partial charge in [0.15, 0.2) is 5.78 Å². The number of hydrogen-bond acceptors (Lipinski definition) is 2. The van der Waals surface area contributed by atoms with Crippen LogP contribution in [0.4, 0.5) is 0 Å². The molecule has 1 rings (SSSR count). The van der Waals surface area contributed by atoms with Crippen molar-refractivity contribution in [3.8, 4) is 0 Å². The molecular formula is C11H22O2. The van der Waals surface area contributed by atoms with Gasteiger partial charge in [-0.05, 0) is 26.7 Å². The molecular weight excluding hydrogens is 164 g/mol. The molecule has 1 aliphatic heterocycles. The Morgan fingerprint density at radius 3 is 2.38 bits per heavy atom. The zero-order valence-electron chi connectivity index (χ0n) is 9.35. The van der Waals surface area contributed by atoms with Crippen molar-refractivity contribution in [2.24, 2.45) is 0 Å². The summed E-state index contributed by atoms with van der Waals surface area (Å²) in [4.78, 5) is 11.1. The molecule has 0 aromatic rings. The summed E-state index contributed by atoms with van der Waals surface area (Å²) in [6.45, 7) is 8.27. The van der Waals surface area contributed by atoms with Crippen molar-refractivity contribution in [3.05, 3.63) is 0 Å². The maximum atomic E-state index is 11.1. The second kappa shape index (κ2) is 6.14. The van der Waals surface area contributed by atoms with Crippen molar-refractivity contribution >= 4 is 5.78 Å². The third-order valence-corrected chi connectivity index (χ3v) is 2.46. The van der Waals surface area contributed by atoms with Gasteiger partial charge in [0.2, 0.25) is 0 Å². The summed E-state index contributed by atoms with van der Waals surface area (Å²) in [5, 5.41) is 0. The number of hydrogen-bond donors (Lipinski definition) is 0. The van der Waals surface area contributed by atoms with E-state index in [4.69, 9.17) is 4.74 Å². The largest absolute Gasteiger partial charge is 0.368 e. The average Bonchev–Trinajstić information content (AvgIpc) is 2.35. The molecule has 13 heavy (non-hydrogen) atoms. The molecule has 1 heterocycles. The number of carbonyl (C=O) groups is 1. The van der Waals surface area contributed by atoms with Crippen LogP contribution in [0.25, 0.3) is 0 Å². The van der Waals surface area contributed by atoms with Crippen molar-refractivity contribution < 1.29 is 9.53 Å². The van der Waals surface area contributed by atoms with E-state index in [2.05, 4.69) is 0 Å². The molecule has 78 valence electrons. The first-order chi connectivity index (χ1) is 6.15. The fraction of sp³-hybridized carbons (Fsp3) is 0.909. The van der Waals surface area contributed by atoms with E-state index in [-0.39, 0.29) is 5.78 Å². The van der Waals surface area contributed by atoms with Crippen molar-refractivity contribution in [1.29, 1.82) is 0 Å². The summed E-state index contributed by atoms with van der Waals surface area (Å²) in [6.07, 6.45) is 4.31. The van der Waals surface area contributed by atoms with Crippen LogP contribution in [0, 0.1) is 0 Å². The van der Waals surface area contributed by atoms with Crippen LogP contribution in [0.2, 0.25) is 0 Å². The van der Waals surface area contributed by atoms with Crippen LogP contribution in [-0.2, 0) is 9.53 Å². The van der Waals surface area contributed by atoms with Crippen LogP contribution in [0.1, 0.15) is 53.4 Å². The lowest BCUT2D eigenvalue weighted by atomic mass is 9.95. The van der Waals surface area contributed by atoms with E-state index in [9.17, 15) is 4.79 Å². The predicted octanol–water partition coefficient (Wildman–Crippen LogP) is 2.95. The molecule has 0 saturated carbocycles. The third kappa shape index (κ3) is 3.90. The molecule has 1 aliphatic rings. The van der Waals surface area contributed by atoms with Gasteiger partial charge in [-0.3, -0.25) is 4.79 Å². The van der Waals surface area contributed by atoms with Gasteiger partial charge < -0.3 is 4.74 Å². The molecule has 1 unspecified atom stereocenters. The second-order valence-electron chi connectivity index (χ2n) is 3.45. The van der Waals surface area contributed by atoms with Gasteiger partial charge in [0.25, 0.3) is 0 Å². The summed E-state index contributed by atoms with van der Waals surface area (Å²) in [5.74, 6) is 0.166. The highest BCUT2D eigenvalue weighted by Gasteiger charge is 2.31. The van der Waals surface area contributed by atoms with Crippen molar-refractivity contribution in [2.45, 2.75) is 59.0 Å². The molecule has 1 atom stereocenters. The van der Waals surface area contributed by atoms with Crippen molar-refractivity contribution in [3.63, 3.8) is 0 Å². The molecule has 0 bridgehead atoms. The Kier molecular flexibility index (Phi) is 5.97. The Morgan fingerprint density at radius 1 is 1.23 bits per heavy atom. The first kappa shape index (κ1) is 12.6. The summed E-state index contributed by atoms with van der Waals surface area (Å²) in [7, 11) is 0. The lowest BCUT2D eigenvalue weighted by Gasteiger charge is -2.24. The first-order valence-electron chi connectivity index (χ1n) is 5.30. The normalized spacial score (nSPS) is 28.3. The number of rotatable bonds is 1. The highest BCUT2D eigenvalue weighted by atomic mass is 16.5. The summed E-state index contributed by atoms with van der Waals surface area (Å²) < 4.78 is 5.50. The molecule has 0 N–H and O–H groups in total. The van der Waals surface area contributed by atoms with E-state index < -0.39 is 5.60 Å². The van der Waals surface area contributed by atoms with Crippen LogP contribution < -0.4 is 0 Å². The zero-order chi connectivity index (χ0) is 10.3. The van der Waals surface area contributed by atoms with Gasteiger partial charge in [-0.25, -0.2) is 0 Å². The van der Waals surface area contributed by atoms with Gasteiger partial charge in [0.05, 0.1) is 0 Å². The Morgan fingerprint density at radius 2 is 1.85 bits per heavy atom. The van der Waals surface area contributed by atoms with Crippen LogP contribution in [0.5, 0.6) is 0 Å². The van der Waals surface area contributed by atoms with E-state index in [0.29, 0.717) is 0 Å². The van der Waals surface area contributed by atoms with Gasteiger partial charge in [-0.15, -0.1) is 0 Å². The lowest BCUT2D eigenvalue weighted by Crippen LogP contribution is -2.35.